The Kier molecular flexibility index (Phi) is 4.77. The van der Waals surface area contributed by atoms with E-state index >= 15 is 0 Å². The molecule has 2 aromatic rings. The number of aromatic nitrogens is 1. The van der Waals surface area contributed by atoms with Gasteiger partial charge in [-0.3, -0.25) is 4.79 Å². The molecule has 1 aromatic carbocycles. The van der Waals surface area contributed by atoms with E-state index in [9.17, 15) is 9.59 Å². The molecule has 0 aliphatic carbocycles. The Hall–Kier alpha value is -2.12. The number of nitrogen functional groups attached to an aromatic ring is 1. The fourth-order valence-electron chi connectivity index (χ4n) is 1.47. The zero-order valence-corrected chi connectivity index (χ0v) is 12.6. The summed E-state index contributed by atoms with van der Waals surface area (Å²) in [6.07, 6.45) is 0. The van der Waals surface area contributed by atoms with Gasteiger partial charge in [0.15, 0.2) is 5.13 Å². The number of anilines is 2. The Labute approximate surface area is 129 Å². The highest BCUT2D eigenvalue weighted by Crippen LogP contribution is 2.21. The molecular weight excluding hydrogens is 314 g/mol. The Balaban J connectivity index is 1.95. The highest BCUT2D eigenvalue weighted by atomic mass is 35.5. The van der Waals surface area contributed by atoms with Gasteiger partial charge in [-0.15, -0.1) is 11.3 Å². The molecule has 3 N–H and O–H groups in total. The molecule has 0 aliphatic heterocycles. The quantitative estimate of drug-likeness (QED) is 0.665. The van der Waals surface area contributed by atoms with Gasteiger partial charge in [-0.05, 0) is 18.2 Å². The first kappa shape index (κ1) is 15.3. The SMILES string of the molecule is CC(=O)Nc1nc(COC(=O)c2ccc(Cl)c(N)c2)cs1. The molecule has 0 spiro atoms. The van der Waals surface area contributed by atoms with Crippen molar-refractivity contribution in [2.75, 3.05) is 11.1 Å². The van der Waals surface area contributed by atoms with E-state index in [2.05, 4.69) is 10.3 Å². The number of hydrogen-bond donors (Lipinski definition) is 2. The van der Waals surface area contributed by atoms with Crippen molar-refractivity contribution in [2.45, 2.75) is 13.5 Å². The van der Waals surface area contributed by atoms with Crippen LogP contribution < -0.4 is 11.1 Å². The number of nitrogens with one attached hydrogen (secondary N) is 1. The summed E-state index contributed by atoms with van der Waals surface area (Å²) in [7, 11) is 0. The van der Waals surface area contributed by atoms with Crippen LogP contribution in [0.5, 0.6) is 0 Å². The lowest BCUT2D eigenvalue weighted by molar-refractivity contribution is -0.114. The van der Waals surface area contributed by atoms with Gasteiger partial charge in [0.2, 0.25) is 5.91 Å². The fraction of sp³-hybridized carbons (Fsp3) is 0.154. The number of hydrogen-bond acceptors (Lipinski definition) is 6. The third kappa shape index (κ3) is 4.17. The number of thiazole rings is 1. The summed E-state index contributed by atoms with van der Waals surface area (Å²) < 4.78 is 5.12. The van der Waals surface area contributed by atoms with Crippen molar-refractivity contribution in [3.05, 3.63) is 39.9 Å². The van der Waals surface area contributed by atoms with Crippen LogP contribution >= 0.6 is 22.9 Å². The molecule has 1 aromatic heterocycles. The van der Waals surface area contributed by atoms with Crippen molar-refractivity contribution < 1.29 is 14.3 Å². The Morgan fingerprint density at radius 1 is 1.48 bits per heavy atom. The predicted octanol–water partition coefficient (Wildman–Crippen LogP) is 2.69. The molecule has 110 valence electrons. The number of benzene rings is 1. The summed E-state index contributed by atoms with van der Waals surface area (Å²) in [6, 6.07) is 4.52. The molecule has 0 bridgehead atoms. The summed E-state index contributed by atoms with van der Waals surface area (Å²) >= 11 is 7.04. The molecule has 0 fully saturated rings. The zero-order chi connectivity index (χ0) is 15.4. The van der Waals surface area contributed by atoms with Crippen LogP contribution in [0.4, 0.5) is 10.8 Å². The topological polar surface area (TPSA) is 94.3 Å². The number of esters is 1. The predicted molar refractivity (Wildman–Crippen MR) is 81.4 cm³/mol. The lowest BCUT2D eigenvalue weighted by Crippen LogP contribution is -2.07. The van der Waals surface area contributed by atoms with Crippen molar-refractivity contribution in [1.29, 1.82) is 0 Å². The van der Waals surface area contributed by atoms with Crippen molar-refractivity contribution in [3.63, 3.8) is 0 Å². The van der Waals surface area contributed by atoms with E-state index < -0.39 is 5.97 Å². The lowest BCUT2D eigenvalue weighted by atomic mass is 10.2. The summed E-state index contributed by atoms with van der Waals surface area (Å²) in [6.45, 7) is 1.41. The second kappa shape index (κ2) is 6.55. The van der Waals surface area contributed by atoms with Crippen LogP contribution in [0, 0.1) is 0 Å². The van der Waals surface area contributed by atoms with Gasteiger partial charge in [-0.25, -0.2) is 9.78 Å². The summed E-state index contributed by atoms with van der Waals surface area (Å²) in [4.78, 5) is 26.8. The number of rotatable bonds is 4. The van der Waals surface area contributed by atoms with Crippen LogP contribution in [0.15, 0.2) is 23.6 Å². The van der Waals surface area contributed by atoms with Gasteiger partial charge >= 0.3 is 5.97 Å². The van der Waals surface area contributed by atoms with Crippen LogP contribution in [0.25, 0.3) is 0 Å². The smallest absolute Gasteiger partial charge is 0.338 e. The monoisotopic (exact) mass is 325 g/mol. The van der Waals surface area contributed by atoms with E-state index in [4.69, 9.17) is 22.1 Å². The number of carbonyl (C=O) groups is 2. The third-order valence-electron chi connectivity index (χ3n) is 2.42. The molecule has 0 atom stereocenters. The number of amides is 1. The average molecular weight is 326 g/mol. The molecule has 0 aliphatic rings. The third-order valence-corrected chi connectivity index (χ3v) is 3.57. The maximum absolute atomic E-state index is 11.9. The second-order valence-electron chi connectivity index (χ2n) is 4.14. The summed E-state index contributed by atoms with van der Waals surface area (Å²) in [5.74, 6) is -0.725. The molecule has 6 nitrogen and oxygen atoms in total. The van der Waals surface area contributed by atoms with Gasteiger partial charge in [0.25, 0.3) is 0 Å². The van der Waals surface area contributed by atoms with Crippen molar-refractivity contribution in [1.82, 2.24) is 4.98 Å². The minimum Gasteiger partial charge on any atom is -0.456 e. The first-order valence-electron chi connectivity index (χ1n) is 5.90. The highest BCUT2D eigenvalue weighted by molar-refractivity contribution is 7.13. The van der Waals surface area contributed by atoms with Gasteiger partial charge in [0.05, 0.1) is 22.0 Å². The standard InChI is InChI=1S/C13H12ClN3O3S/c1-7(18)16-13-17-9(6-21-13)5-20-12(19)8-2-3-10(14)11(15)4-8/h2-4,6H,5,15H2,1H3,(H,16,17,18). The van der Waals surface area contributed by atoms with Crippen LogP contribution in [0.2, 0.25) is 5.02 Å². The van der Waals surface area contributed by atoms with Gasteiger partial charge in [0.1, 0.15) is 6.61 Å². The van der Waals surface area contributed by atoms with Crippen LogP contribution in [0.3, 0.4) is 0 Å². The van der Waals surface area contributed by atoms with E-state index in [-0.39, 0.29) is 12.5 Å². The minimum atomic E-state index is -0.521. The maximum atomic E-state index is 11.9. The first-order chi connectivity index (χ1) is 9.95. The molecule has 1 heterocycles. The molecule has 21 heavy (non-hydrogen) atoms. The molecule has 1 amide bonds. The molecule has 0 saturated heterocycles. The zero-order valence-electron chi connectivity index (χ0n) is 11.1. The highest BCUT2D eigenvalue weighted by Gasteiger charge is 2.11. The molecule has 0 radical (unpaired) electrons. The molecule has 0 unspecified atom stereocenters. The number of halogens is 1. The van der Waals surface area contributed by atoms with E-state index in [1.807, 2.05) is 0 Å². The normalized spacial score (nSPS) is 10.2. The second-order valence-corrected chi connectivity index (χ2v) is 5.40. The van der Waals surface area contributed by atoms with Gasteiger partial charge < -0.3 is 15.8 Å². The molecule has 0 saturated carbocycles. The largest absolute Gasteiger partial charge is 0.456 e. The molecule has 2 rings (SSSR count). The van der Waals surface area contributed by atoms with E-state index in [1.54, 1.807) is 5.38 Å². The van der Waals surface area contributed by atoms with Crippen LogP contribution in [-0.4, -0.2) is 16.9 Å². The van der Waals surface area contributed by atoms with Crippen molar-refractivity contribution in [2.24, 2.45) is 0 Å². The first-order valence-corrected chi connectivity index (χ1v) is 7.15. The van der Waals surface area contributed by atoms with E-state index in [0.717, 1.165) is 0 Å². The van der Waals surface area contributed by atoms with Crippen LogP contribution in [0.1, 0.15) is 23.0 Å². The van der Waals surface area contributed by atoms with Gasteiger partial charge in [0, 0.05) is 12.3 Å². The van der Waals surface area contributed by atoms with Gasteiger partial charge in [-0.1, -0.05) is 11.6 Å². The Morgan fingerprint density at radius 3 is 2.90 bits per heavy atom. The average Bonchev–Trinajstić information content (AvgIpc) is 2.86. The maximum Gasteiger partial charge on any atom is 0.338 e. The van der Waals surface area contributed by atoms with E-state index in [0.29, 0.717) is 27.1 Å². The Morgan fingerprint density at radius 2 is 2.24 bits per heavy atom. The van der Waals surface area contributed by atoms with Gasteiger partial charge in [-0.2, -0.15) is 0 Å². The van der Waals surface area contributed by atoms with Crippen molar-refractivity contribution in [3.8, 4) is 0 Å². The van der Waals surface area contributed by atoms with Crippen LogP contribution in [-0.2, 0) is 16.1 Å². The number of ether oxygens (including phenoxy) is 1. The fourth-order valence-corrected chi connectivity index (χ4v) is 2.33. The van der Waals surface area contributed by atoms with Crippen molar-refractivity contribution >= 4 is 45.6 Å². The lowest BCUT2D eigenvalue weighted by Gasteiger charge is -2.04. The summed E-state index contributed by atoms with van der Waals surface area (Å²) in [5.41, 5.74) is 6.81. The Bertz CT molecular complexity index is 687. The number of carbonyl (C=O) groups excluding carboxylic acids is 2. The number of nitrogens with zero attached hydrogens (tertiary/aromatic N) is 1. The molecular formula is C13H12ClN3O3S. The summed E-state index contributed by atoms with van der Waals surface area (Å²) in [5, 5.41) is 5.10. The number of nitrogens with two attached hydrogens (primary N) is 1. The molecule has 8 heteroatoms. The van der Waals surface area contributed by atoms with E-state index in [1.165, 1.54) is 36.5 Å². The minimum absolute atomic E-state index is 0.0114.